The Morgan fingerprint density at radius 3 is 2.21 bits per heavy atom. The van der Waals surface area contributed by atoms with Crippen molar-refractivity contribution in [1.82, 2.24) is 0 Å². The van der Waals surface area contributed by atoms with E-state index in [9.17, 15) is 4.57 Å². The van der Waals surface area contributed by atoms with Crippen molar-refractivity contribution < 1.29 is 29.0 Å². The lowest BCUT2D eigenvalue weighted by Crippen LogP contribution is -2.07. The van der Waals surface area contributed by atoms with Gasteiger partial charge in [-0.3, -0.25) is 0 Å². The summed E-state index contributed by atoms with van der Waals surface area (Å²) < 4.78 is 11.0. The van der Waals surface area contributed by atoms with E-state index in [0.29, 0.717) is 12.8 Å². The first kappa shape index (κ1) is 16.4. The minimum Gasteiger partial charge on any atom is -0.317 e. The molecule has 0 atom stereocenters. The van der Waals surface area contributed by atoms with Crippen LogP contribution in [0, 0.1) is 0 Å². The van der Waals surface area contributed by atoms with Crippen LogP contribution >= 0.6 is 15.5 Å². The van der Waals surface area contributed by atoms with E-state index in [1.807, 2.05) is 30.3 Å². The van der Waals surface area contributed by atoms with Gasteiger partial charge in [0.15, 0.2) is 0 Å². The molecule has 0 heterocycles. The van der Waals surface area contributed by atoms with Gasteiger partial charge in [0.2, 0.25) is 0 Å². The summed E-state index contributed by atoms with van der Waals surface area (Å²) in [7, 11) is -9.73. The summed E-state index contributed by atoms with van der Waals surface area (Å²) in [6, 6.07) is 9.40. The molecule has 0 aromatic heterocycles. The van der Waals surface area contributed by atoms with Gasteiger partial charge < -0.3 is 9.79 Å². The van der Waals surface area contributed by atoms with Crippen LogP contribution in [0.15, 0.2) is 35.3 Å². The maximum absolute atomic E-state index is 11.0. The Kier molecular flexibility index (Phi) is 5.77. The Labute approximate surface area is 111 Å². The maximum Gasteiger partial charge on any atom is 0.469 e. The molecule has 9 heteroatoms. The van der Waals surface area contributed by atoms with Gasteiger partial charge in [-0.1, -0.05) is 30.3 Å². The van der Waals surface area contributed by atoms with Crippen LogP contribution in [-0.2, 0) is 11.0 Å². The van der Waals surface area contributed by atoms with Crippen molar-refractivity contribution in [2.24, 2.45) is 4.99 Å². The molecule has 7 nitrogen and oxygen atoms in total. The van der Waals surface area contributed by atoms with E-state index < -0.39 is 20.7 Å². The summed E-state index contributed by atoms with van der Waals surface area (Å²) in [5.74, 6) is 0. The topological polar surface area (TPSA) is 131 Å². The van der Waals surface area contributed by atoms with Gasteiger partial charge in [-0.05, 0) is 18.4 Å². The Bertz CT molecular complexity index is 479. The summed E-state index contributed by atoms with van der Waals surface area (Å²) in [4.78, 5) is 47.9. The molecule has 0 amide bonds. The number of rotatable bonds is 6. The quantitative estimate of drug-likeness (QED) is 0.301. The fraction of sp³-hybridized carbons (Fsp3) is 0.300. The highest BCUT2D eigenvalue weighted by Crippen LogP contribution is 2.60. The van der Waals surface area contributed by atoms with Crippen molar-refractivity contribution in [3.8, 4) is 0 Å². The van der Waals surface area contributed by atoms with Gasteiger partial charge in [-0.25, -0.2) is 9.56 Å². The highest BCUT2D eigenvalue weighted by atomic mass is 31.3. The van der Waals surface area contributed by atoms with E-state index in [1.165, 1.54) is 0 Å². The molecule has 0 spiro atoms. The summed E-state index contributed by atoms with van der Waals surface area (Å²) >= 11 is 0. The van der Waals surface area contributed by atoms with Crippen LogP contribution < -0.4 is 0 Å². The van der Waals surface area contributed by atoms with Crippen molar-refractivity contribution in [2.45, 2.75) is 12.8 Å². The molecule has 0 bridgehead atoms. The number of nitrogens with zero attached hydrogens (tertiary/aromatic N) is 1. The molecule has 0 radical (unpaired) electrons. The van der Waals surface area contributed by atoms with Crippen LogP contribution in [0.25, 0.3) is 0 Å². The van der Waals surface area contributed by atoms with Gasteiger partial charge in [0.1, 0.15) is 0 Å². The maximum atomic E-state index is 11.0. The fourth-order valence-electron chi connectivity index (χ4n) is 1.47. The largest absolute Gasteiger partial charge is 0.469 e. The Hall–Kier alpha value is -0.650. The molecule has 5 N–H and O–H groups in total. The Balaban J connectivity index is 2.61. The van der Waals surface area contributed by atoms with Gasteiger partial charge in [0, 0.05) is 6.54 Å². The fourth-order valence-corrected chi connectivity index (χ4v) is 3.44. The van der Waals surface area contributed by atoms with Crippen molar-refractivity contribution in [1.29, 1.82) is 0 Å². The highest BCUT2D eigenvalue weighted by Gasteiger charge is 2.51. The van der Waals surface area contributed by atoms with Crippen molar-refractivity contribution in [2.75, 3.05) is 6.54 Å². The molecule has 0 saturated heterocycles. The molecular weight excluding hydrogens is 292 g/mol. The molecule has 1 rings (SSSR count). The van der Waals surface area contributed by atoms with Crippen LogP contribution in [0.2, 0.25) is 0 Å². The zero-order chi connectivity index (χ0) is 14.5. The average molecular weight is 308 g/mol. The van der Waals surface area contributed by atoms with E-state index >= 15 is 0 Å². The minimum absolute atomic E-state index is 0.0151. The lowest BCUT2D eigenvalue weighted by atomic mass is 10.1. The van der Waals surface area contributed by atoms with Gasteiger partial charge in [-0.2, -0.15) is 14.7 Å². The summed E-state index contributed by atoms with van der Waals surface area (Å²) in [5.41, 5.74) is 1.04. The standard InChI is InChI=1S/C10H15NO6P2/c12-18(13,14)10(19(15,16)17)11-8-4-7-9-5-2-1-3-6-9/h1-3,5-6,12-14H,4,7-8H2,(H-,15,16,17)/p+1. The lowest BCUT2D eigenvalue weighted by molar-refractivity contribution is 0.348. The van der Waals surface area contributed by atoms with Crippen molar-refractivity contribution in [3.63, 3.8) is 0 Å². The monoisotopic (exact) mass is 308 g/mol. The SMILES string of the molecule is O=P(O)(O)C(=NCCCc1ccccc1)[P+](O)(O)O. The van der Waals surface area contributed by atoms with Crippen LogP contribution in [-0.4, -0.2) is 36.2 Å². The Morgan fingerprint density at radius 2 is 1.74 bits per heavy atom. The molecule has 0 fully saturated rings. The number of aliphatic imine (C=N–C) groups is 1. The second-order valence-electron chi connectivity index (χ2n) is 3.88. The van der Waals surface area contributed by atoms with E-state index in [4.69, 9.17) is 24.5 Å². The minimum atomic E-state index is -4.96. The number of hydrogen-bond acceptors (Lipinski definition) is 5. The number of aryl methyl sites for hydroxylation is 1. The first-order chi connectivity index (χ1) is 8.71. The molecular formula is C10H16NO6P2+. The predicted molar refractivity (Wildman–Crippen MR) is 72.7 cm³/mol. The third-order valence-corrected chi connectivity index (χ3v) is 5.18. The molecule has 0 aliphatic rings. The van der Waals surface area contributed by atoms with Gasteiger partial charge >= 0.3 is 20.7 Å². The lowest BCUT2D eigenvalue weighted by Gasteiger charge is -2.08. The summed E-state index contributed by atoms with van der Waals surface area (Å²) in [6.45, 7) is -0.0151. The average Bonchev–Trinajstić information content (AvgIpc) is 2.26. The summed E-state index contributed by atoms with van der Waals surface area (Å²) in [6.07, 6.45) is 1.10. The van der Waals surface area contributed by atoms with Gasteiger partial charge in [-0.15, -0.1) is 0 Å². The van der Waals surface area contributed by atoms with E-state index in [2.05, 4.69) is 4.99 Å². The molecule has 0 saturated carbocycles. The van der Waals surface area contributed by atoms with Crippen LogP contribution in [0.4, 0.5) is 0 Å². The summed E-state index contributed by atoms with van der Waals surface area (Å²) in [5, 5.41) is -1.23. The number of benzene rings is 1. The second-order valence-corrected chi connectivity index (χ2v) is 7.31. The van der Waals surface area contributed by atoms with Crippen LogP contribution in [0.1, 0.15) is 12.0 Å². The molecule has 1 aromatic rings. The van der Waals surface area contributed by atoms with E-state index in [1.54, 1.807) is 0 Å². The third kappa shape index (κ3) is 5.89. The first-order valence-electron chi connectivity index (χ1n) is 5.43. The molecule has 0 aliphatic heterocycles. The van der Waals surface area contributed by atoms with E-state index in [-0.39, 0.29) is 6.54 Å². The highest BCUT2D eigenvalue weighted by molar-refractivity contribution is 8.00. The van der Waals surface area contributed by atoms with E-state index in [0.717, 1.165) is 5.56 Å². The molecule has 19 heavy (non-hydrogen) atoms. The number of hydrogen-bond donors (Lipinski definition) is 5. The first-order valence-corrected chi connectivity index (χ1v) is 8.69. The Morgan fingerprint density at radius 1 is 1.16 bits per heavy atom. The molecule has 0 aliphatic carbocycles. The van der Waals surface area contributed by atoms with Crippen LogP contribution in [0.5, 0.6) is 0 Å². The normalized spacial score (nSPS) is 13.6. The van der Waals surface area contributed by atoms with Crippen molar-refractivity contribution in [3.05, 3.63) is 35.9 Å². The second kappa shape index (κ2) is 6.68. The zero-order valence-electron chi connectivity index (χ0n) is 9.99. The van der Waals surface area contributed by atoms with Crippen molar-refractivity contribution >= 4 is 20.7 Å². The zero-order valence-corrected chi connectivity index (χ0v) is 11.8. The van der Waals surface area contributed by atoms with Gasteiger partial charge in [0.25, 0.3) is 0 Å². The predicted octanol–water partition coefficient (Wildman–Crippen LogP) is 0.892. The third-order valence-electron chi connectivity index (χ3n) is 2.25. The molecule has 106 valence electrons. The van der Waals surface area contributed by atoms with Crippen LogP contribution in [0.3, 0.4) is 0 Å². The molecule has 0 unspecified atom stereocenters. The molecule has 1 aromatic carbocycles. The smallest absolute Gasteiger partial charge is 0.317 e. The van der Waals surface area contributed by atoms with Gasteiger partial charge in [0.05, 0.1) is 0 Å².